The predicted octanol–water partition coefficient (Wildman–Crippen LogP) is 1.74. The van der Waals surface area contributed by atoms with Crippen LogP contribution in [0, 0.1) is 0 Å². The highest BCUT2D eigenvalue weighted by Gasteiger charge is 2.40. The Balaban J connectivity index is 4.15. The van der Waals surface area contributed by atoms with Gasteiger partial charge in [0.25, 0.3) is 5.91 Å². The van der Waals surface area contributed by atoms with E-state index in [1.165, 1.54) is 39.9 Å². The van der Waals surface area contributed by atoms with Gasteiger partial charge in [0.2, 0.25) is 5.91 Å². The van der Waals surface area contributed by atoms with E-state index in [9.17, 15) is 9.90 Å². The average molecular weight is 378 g/mol. The number of hydrogen-bond acceptors (Lipinski definition) is 5. The highest BCUT2D eigenvalue weighted by molar-refractivity contribution is 6.09. The fourth-order valence-corrected chi connectivity index (χ4v) is 3.87. The van der Waals surface area contributed by atoms with Crippen molar-refractivity contribution in [3.63, 3.8) is 0 Å². The van der Waals surface area contributed by atoms with Gasteiger partial charge < -0.3 is 24.6 Å². The number of aliphatic hydroxyl groups is 1. The molecule has 0 radical (unpaired) electrons. The van der Waals surface area contributed by atoms with E-state index in [-0.39, 0.29) is 18.1 Å². The number of ether oxygens (including phenoxy) is 3. The standard InChI is InChI=1S/C18H39NO5Si/c1-5-6-7-8-9-11-15(20)12-10-13-17(21)19-18(23-3,24-4)16(14-25)22-2/h15-16,20H,5-14H2,1-4,25H3,(H,19,21). The van der Waals surface area contributed by atoms with Crippen molar-refractivity contribution in [2.75, 3.05) is 21.3 Å². The molecule has 0 saturated heterocycles. The molecule has 0 aliphatic carbocycles. The maximum Gasteiger partial charge on any atom is 0.278 e. The molecule has 2 unspecified atom stereocenters. The number of hydrogen-bond donors (Lipinski definition) is 2. The molecule has 0 bridgehead atoms. The Morgan fingerprint density at radius 1 is 1.08 bits per heavy atom. The molecular formula is C18H39NO5Si. The Kier molecular flexibility index (Phi) is 14.4. The molecule has 0 saturated carbocycles. The summed E-state index contributed by atoms with van der Waals surface area (Å²) < 4.78 is 16.2. The normalized spacial score (nSPS) is 14.4. The van der Waals surface area contributed by atoms with Gasteiger partial charge in [0, 0.05) is 38.0 Å². The molecule has 2 atom stereocenters. The number of nitrogens with one attached hydrogen (secondary N) is 1. The van der Waals surface area contributed by atoms with Crippen LogP contribution in [0.3, 0.4) is 0 Å². The van der Waals surface area contributed by atoms with Crippen LogP contribution in [0.15, 0.2) is 0 Å². The summed E-state index contributed by atoms with van der Waals surface area (Å²) in [6.07, 6.45) is 7.73. The molecular weight excluding hydrogens is 338 g/mol. The van der Waals surface area contributed by atoms with Crippen molar-refractivity contribution >= 4 is 16.1 Å². The lowest BCUT2D eigenvalue weighted by atomic mass is 10.0. The number of carbonyl (C=O) groups is 1. The van der Waals surface area contributed by atoms with Crippen molar-refractivity contribution in [1.82, 2.24) is 5.32 Å². The summed E-state index contributed by atoms with van der Waals surface area (Å²) in [5.41, 5.74) is 0. The summed E-state index contributed by atoms with van der Waals surface area (Å²) in [6.45, 7) is 2.19. The van der Waals surface area contributed by atoms with Gasteiger partial charge >= 0.3 is 0 Å². The second kappa shape index (κ2) is 14.7. The molecule has 0 heterocycles. The minimum absolute atomic E-state index is 0.156. The highest BCUT2D eigenvalue weighted by Crippen LogP contribution is 2.19. The second-order valence-electron chi connectivity index (χ2n) is 6.51. The number of unbranched alkanes of at least 4 members (excludes halogenated alkanes) is 4. The van der Waals surface area contributed by atoms with Crippen molar-refractivity contribution < 1.29 is 24.1 Å². The van der Waals surface area contributed by atoms with Gasteiger partial charge in [0.05, 0.1) is 6.10 Å². The average Bonchev–Trinajstić information content (AvgIpc) is 2.61. The molecule has 0 aliphatic heterocycles. The van der Waals surface area contributed by atoms with E-state index >= 15 is 0 Å². The predicted molar refractivity (Wildman–Crippen MR) is 104 cm³/mol. The second-order valence-corrected chi connectivity index (χ2v) is 7.32. The Bertz CT molecular complexity index is 335. The molecule has 0 rings (SSSR count). The van der Waals surface area contributed by atoms with E-state index in [4.69, 9.17) is 14.2 Å². The summed E-state index contributed by atoms with van der Waals surface area (Å²) in [4.78, 5) is 12.2. The van der Waals surface area contributed by atoms with E-state index in [1.807, 2.05) is 0 Å². The molecule has 25 heavy (non-hydrogen) atoms. The zero-order valence-corrected chi connectivity index (χ0v) is 18.8. The number of methoxy groups -OCH3 is 3. The van der Waals surface area contributed by atoms with Crippen LogP contribution in [0.25, 0.3) is 0 Å². The molecule has 0 spiro atoms. The van der Waals surface area contributed by atoms with Crippen molar-refractivity contribution in [3.05, 3.63) is 0 Å². The van der Waals surface area contributed by atoms with Gasteiger partial charge in [-0.2, -0.15) is 0 Å². The third kappa shape index (κ3) is 9.70. The summed E-state index contributed by atoms with van der Waals surface area (Å²) in [6, 6.07) is 0.773. The van der Waals surface area contributed by atoms with Crippen LogP contribution in [0.4, 0.5) is 0 Å². The van der Waals surface area contributed by atoms with E-state index in [0.29, 0.717) is 19.3 Å². The van der Waals surface area contributed by atoms with Gasteiger partial charge in [0.1, 0.15) is 6.10 Å². The molecule has 0 aliphatic rings. The SMILES string of the molecule is CCCCCCCC(O)CCCC(=O)NC(OC)(OC)C(C[SiH3])OC. The number of aliphatic hydroxyl groups excluding tert-OH is 1. The smallest absolute Gasteiger partial charge is 0.278 e. The van der Waals surface area contributed by atoms with Gasteiger partial charge in [-0.1, -0.05) is 39.0 Å². The zero-order chi connectivity index (χ0) is 19.1. The van der Waals surface area contributed by atoms with Gasteiger partial charge in [0.15, 0.2) is 0 Å². The molecule has 0 aromatic carbocycles. The Hall–Kier alpha value is -0.473. The van der Waals surface area contributed by atoms with Gasteiger partial charge in [-0.15, -0.1) is 0 Å². The fraction of sp³-hybridized carbons (Fsp3) is 0.944. The number of rotatable bonds is 16. The lowest BCUT2D eigenvalue weighted by Gasteiger charge is -2.37. The molecule has 1 amide bonds. The summed E-state index contributed by atoms with van der Waals surface area (Å²) in [5.74, 6) is -1.40. The van der Waals surface area contributed by atoms with Crippen LogP contribution < -0.4 is 5.32 Å². The summed E-state index contributed by atoms with van der Waals surface area (Å²) in [7, 11) is 5.48. The maximum atomic E-state index is 12.2. The minimum Gasteiger partial charge on any atom is -0.393 e. The Morgan fingerprint density at radius 2 is 1.68 bits per heavy atom. The molecule has 0 aromatic rings. The van der Waals surface area contributed by atoms with Crippen molar-refractivity contribution in [1.29, 1.82) is 0 Å². The first-order valence-corrected chi connectivity index (χ1v) is 11.0. The molecule has 150 valence electrons. The molecule has 0 fully saturated rings. The number of amides is 1. The lowest BCUT2D eigenvalue weighted by Crippen LogP contribution is -2.60. The summed E-state index contributed by atoms with van der Waals surface area (Å²) in [5, 5.41) is 12.8. The molecule has 7 heteroatoms. The van der Waals surface area contributed by atoms with E-state index in [1.54, 1.807) is 7.11 Å². The van der Waals surface area contributed by atoms with E-state index < -0.39 is 5.91 Å². The first-order chi connectivity index (χ1) is 12.0. The highest BCUT2D eigenvalue weighted by atomic mass is 28.1. The first-order valence-electron chi connectivity index (χ1n) is 9.61. The molecule has 0 aromatic heterocycles. The largest absolute Gasteiger partial charge is 0.393 e. The monoisotopic (exact) mass is 377 g/mol. The van der Waals surface area contributed by atoms with Crippen LogP contribution in [0.2, 0.25) is 6.04 Å². The van der Waals surface area contributed by atoms with Crippen LogP contribution >= 0.6 is 0 Å². The van der Waals surface area contributed by atoms with Crippen LogP contribution in [-0.2, 0) is 19.0 Å². The molecule has 2 N–H and O–H groups in total. The van der Waals surface area contributed by atoms with Crippen molar-refractivity contribution in [3.8, 4) is 0 Å². The first kappa shape index (κ1) is 24.5. The van der Waals surface area contributed by atoms with Crippen LogP contribution in [0.5, 0.6) is 0 Å². The van der Waals surface area contributed by atoms with Crippen molar-refractivity contribution in [2.45, 2.75) is 88.9 Å². The van der Waals surface area contributed by atoms with Crippen LogP contribution in [-0.4, -0.2) is 60.7 Å². The topological polar surface area (TPSA) is 77.0 Å². The number of carbonyl (C=O) groups excluding carboxylic acids is 1. The Labute approximate surface area is 156 Å². The Morgan fingerprint density at radius 3 is 2.20 bits per heavy atom. The molecule has 6 nitrogen and oxygen atoms in total. The van der Waals surface area contributed by atoms with Crippen LogP contribution in [0.1, 0.15) is 64.7 Å². The zero-order valence-electron chi connectivity index (χ0n) is 16.8. The van der Waals surface area contributed by atoms with Gasteiger partial charge in [-0.05, 0) is 25.3 Å². The quantitative estimate of drug-likeness (QED) is 0.243. The minimum atomic E-state index is -1.24. The van der Waals surface area contributed by atoms with Gasteiger partial charge in [-0.25, -0.2) is 0 Å². The maximum absolute atomic E-state index is 12.2. The van der Waals surface area contributed by atoms with Crippen molar-refractivity contribution in [2.24, 2.45) is 0 Å². The fourth-order valence-electron chi connectivity index (χ4n) is 3.00. The van der Waals surface area contributed by atoms with Gasteiger partial charge in [-0.3, -0.25) is 4.79 Å². The summed E-state index contributed by atoms with van der Waals surface area (Å²) >= 11 is 0. The van der Waals surface area contributed by atoms with E-state index in [0.717, 1.165) is 29.1 Å². The third-order valence-corrected chi connectivity index (χ3v) is 5.32. The third-order valence-electron chi connectivity index (χ3n) is 4.58. The van der Waals surface area contributed by atoms with E-state index in [2.05, 4.69) is 12.2 Å². The lowest BCUT2D eigenvalue weighted by molar-refractivity contribution is -0.275.